The number of allylic oxidation sites excluding steroid dienone is 1. The molecule has 10 heteroatoms. The minimum Gasteiger partial charge on any atom is -0.496 e. The lowest BCUT2D eigenvalue weighted by Crippen LogP contribution is -2.37. The number of aromatic nitrogens is 4. The molecule has 3 N–H and O–H groups in total. The van der Waals surface area contributed by atoms with E-state index in [0.717, 1.165) is 74.3 Å². The molecule has 1 fully saturated rings. The summed E-state index contributed by atoms with van der Waals surface area (Å²) >= 11 is 0. The zero-order valence-corrected chi connectivity index (χ0v) is 20.2. The van der Waals surface area contributed by atoms with Gasteiger partial charge in [-0.1, -0.05) is 19.4 Å². The molecule has 3 aromatic rings. The Morgan fingerprint density at radius 2 is 1.97 bits per heavy atom. The summed E-state index contributed by atoms with van der Waals surface area (Å²) in [5.41, 5.74) is 5.85. The Morgan fingerprint density at radius 1 is 1.17 bits per heavy atom. The third kappa shape index (κ3) is 5.90. The van der Waals surface area contributed by atoms with E-state index in [1.165, 1.54) is 0 Å². The van der Waals surface area contributed by atoms with E-state index < -0.39 is 0 Å². The van der Waals surface area contributed by atoms with Crippen molar-refractivity contribution in [1.82, 2.24) is 25.0 Å². The van der Waals surface area contributed by atoms with Crippen LogP contribution in [0.2, 0.25) is 0 Å². The van der Waals surface area contributed by atoms with Crippen molar-refractivity contribution < 1.29 is 19.8 Å². The van der Waals surface area contributed by atoms with E-state index in [2.05, 4.69) is 26.5 Å². The number of nitrogens with zero attached hydrogens (tertiary/aromatic N) is 5. The summed E-state index contributed by atoms with van der Waals surface area (Å²) in [5, 5.41) is 18.6. The second-order valence-electron chi connectivity index (χ2n) is 8.64. The average molecular weight is 483 g/mol. The van der Waals surface area contributed by atoms with Crippen LogP contribution < -0.4 is 15.1 Å². The molecule has 0 atom stereocenters. The smallest absolute Gasteiger partial charge is 0.166 e. The Bertz CT molecular complexity index is 1140. The summed E-state index contributed by atoms with van der Waals surface area (Å²) in [4.78, 5) is 16.7. The van der Waals surface area contributed by atoms with Crippen LogP contribution in [0.4, 0.5) is 5.82 Å². The summed E-state index contributed by atoms with van der Waals surface area (Å²) in [6.07, 6.45) is 6.70. The molecule has 0 bridgehead atoms. The number of hydroxylamine groups is 1. The minimum absolute atomic E-state index is 0.130. The van der Waals surface area contributed by atoms with E-state index in [1.54, 1.807) is 7.11 Å². The summed E-state index contributed by atoms with van der Waals surface area (Å²) in [7, 11) is 1.59. The van der Waals surface area contributed by atoms with E-state index >= 15 is 0 Å². The van der Waals surface area contributed by atoms with Crippen molar-refractivity contribution in [2.45, 2.75) is 45.3 Å². The summed E-state index contributed by atoms with van der Waals surface area (Å²) in [6.45, 7) is 7.21. The molecule has 3 heterocycles. The number of rotatable bonds is 12. The highest BCUT2D eigenvalue weighted by molar-refractivity contribution is 5.86. The quantitative estimate of drug-likeness (QED) is 0.264. The van der Waals surface area contributed by atoms with E-state index in [-0.39, 0.29) is 6.61 Å². The molecule has 1 saturated heterocycles. The maximum absolute atomic E-state index is 9.79. The van der Waals surface area contributed by atoms with Gasteiger partial charge in [0.2, 0.25) is 0 Å². The van der Waals surface area contributed by atoms with Crippen LogP contribution in [0.5, 0.6) is 5.75 Å². The zero-order valence-electron chi connectivity index (χ0n) is 20.2. The molecule has 0 saturated carbocycles. The fourth-order valence-electron chi connectivity index (χ4n) is 4.29. The Kier molecular flexibility index (Phi) is 8.51. The first-order chi connectivity index (χ1) is 17.1. The zero-order chi connectivity index (χ0) is 24.6. The number of anilines is 1. The van der Waals surface area contributed by atoms with Crippen LogP contribution in [-0.2, 0) is 17.9 Å². The predicted octanol–water partition coefficient (Wildman–Crippen LogP) is 3.27. The Balaban J connectivity index is 1.60. The molecular weight excluding hydrogens is 448 g/mol. The second kappa shape index (κ2) is 12.0. The number of aryl methyl sites for hydroxylation is 1. The number of aliphatic hydroxyl groups is 1. The largest absolute Gasteiger partial charge is 0.496 e. The van der Waals surface area contributed by atoms with Crippen LogP contribution in [0.15, 0.2) is 36.8 Å². The lowest BCUT2D eigenvalue weighted by Gasteiger charge is -2.28. The molecule has 35 heavy (non-hydrogen) atoms. The number of methoxy groups -OCH3 is 1. The summed E-state index contributed by atoms with van der Waals surface area (Å²) < 4.78 is 13.0. The van der Waals surface area contributed by atoms with Gasteiger partial charge in [-0.25, -0.2) is 15.0 Å². The molecule has 0 aliphatic carbocycles. The first kappa shape index (κ1) is 24.9. The monoisotopic (exact) mass is 482 g/mol. The van der Waals surface area contributed by atoms with Crippen LogP contribution in [0.1, 0.15) is 37.7 Å². The SMILES string of the molecule is C=C(CCCCCCn1cnc2c(N3CCOCC3)nc(-c3ccc(OC)c(CO)c3)nc21)NO. The minimum atomic E-state index is -0.130. The van der Waals surface area contributed by atoms with Gasteiger partial charge in [-0.05, 0) is 37.5 Å². The van der Waals surface area contributed by atoms with Gasteiger partial charge < -0.3 is 24.0 Å². The van der Waals surface area contributed by atoms with Gasteiger partial charge in [0.25, 0.3) is 0 Å². The molecule has 0 unspecified atom stereocenters. The number of benzene rings is 1. The number of fused-ring (bicyclic) bond motifs is 1. The molecule has 0 spiro atoms. The molecule has 188 valence electrons. The van der Waals surface area contributed by atoms with E-state index in [4.69, 9.17) is 24.6 Å². The van der Waals surface area contributed by atoms with Gasteiger partial charge >= 0.3 is 0 Å². The third-order valence-corrected chi connectivity index (χ3v) is 6.25. The highest BCUT2D eigenvalue weighted by atomic mass is 16.5. The molecule has 4 rings (SSSR count). The second-order valence-corrected chi connectivity index (χ2v) is 8.64. The van der Waals surface area contributed by atoms with Gasteiger partial charge in [0.1, 0.15) is 5.75 Å². The highest BCUT2D eigenvalue weighted by Gasteiger charge is 2.21. The summed E-state index contributed by atoms with van der Waals surface area (Å²) in [6, 6.07) is 5.62. The van der Waals surface area contributed by atoms with Crippen LogP contribution in [0, 0.1) is 0 Å². The van der Waals surface area contributed by atoms with Crippen molar-refractivity contribution in [3.8, 4) is 17.1 Å². The number of imidazole rings is 1. The number of hydrogen-bond donors (Lipinski definition) is 3. The lowest BCUT2D eigenvalue weighted by atomic mass is 10.1. The standard InChI is InChI=1S/C25H34N6O4/c1-18(29-33)7-5-3-4-6-10-31-17-26-22-24(30-11-13-35-14-12-30)27-23(28-25(22)31)19-8-9-21(34-2)20(15-19)16-32/h8-9,15,17,29,32-33H,1,3-7,10-14,16H2,2H3. The lowest BCUT2D eigenvalue weighted by molar-refractivity contribution is 0.122. The molecule has 10 nitrogen and oxygen atoms in total. The van der Waals surface area contributed by atoms with E-state index in [1.807, 2.05) is 24.5 Å². The Morgan fingerprint density at radius 3 is 2.71 bits per heavy atom. The molecule has 1 aliphatic heterocycles. The summed E-state index contributed by atoms with van der Waals surface area (Å²) in [5.74, 6) is 2.03. The molecule has 0 amide bonds. The van der Waals surface area contributed by atoms with Crippen molar-refractivity contribution in [3.63, 3.8) is 0 Å². The molecule has 1 aliphatic rings. The van der Waals surface area contributed by atoms with Crippen LogP contribution in [0.25, 0.3) is 22.6 Å². The van der Waals surface area contributed by atoms with Crippen LogP contribution >= 0.6 is 0 Å². The van der Waals surface area contributed by atoms with Gasteiger partial charge in [0.15, 0.2) is 22.8 Å². The number of nitrogens with one attached hydrogen (secondary N) is 1. The number of unbranched alkanes of at least 4 members (excludes halogenated alkanes) is 3. The van der Waals surface area contributed by atoms with Crippen LogP contribution in [0.3, 0.4) is 0 Å². The fourth-order valence-corrected chi connectivity index (χ4v) is 4.29. The van der Waals surface area contributed by atoms with Crippen molar-refractivity contribution >= 4 is 17.0 Å². The Hall–Kier alpha value is -3.21. The van der Waals surface area contributed by atoms with Gasteiger partial charge in [0.05, 0.1) is 33.3 Å². The third-order valence-electron chi connectivity index (χ3n) is 6.25. The maximum Gasteiger partial charge on any atom is 0.166 e. The van der Waals surface area contributed by atoms with Crippen molar-refractivity contribution in [2.75, 3.05) is 38.3 Å². The van der Waals surface area contributed by atoms with Gasteiger partial charge in [-0.2, -0.15) is 0 Å². The fraction of sp³-hybridized carbons (Fsp3) is 0.480. The van der Waals surface area contributed by atoms with E-state index in [9.17, 15) is 5.11 Å². The molecule has 2 aromatic heterocycles. The normalized spacial score (nSPS) is 13.9. The average Bonchev–Trinajstić information content (AvgIpc) is 3.32. The molecule has 1 aromatic carbocycles. The number of aliphatic hydroxyl groups excluding tert-OH is 1. The number of hydrogen-bond acceptors (Lipinski definition) is 9. The van der Waals surface area contributed by atoms with Crippen molar-refractivity contribution in [1.29, 1.82) is 0 Å². The maximum atomic E-state index is 9.79. The first-order valence-electron chi connectivity index (χ1n) is 12.1. The highest BCUT2D eigenvalue weighted by Crippen LogP contribution is 2.30. The van der Waals surface area contributed by atoms with Gasteiger partial charge in [-0.15, -0.1) is 0 Å². The van der Waals surface area contributed by atoms with Crippen LogP contribution in [-0.4, -0.2) is 63.2 Å². The van der Waals surface area contributed by atoms with Gasteiger partial charge in [0, 0.05) is 36.5 Å². The van der Waals surface area contributed by atoms with Crippen molar-refractivity contribution in [3.05, 3.63) is 42.4 Å². The first-order valence-corrected chi connectivity index (χ1v) is 12.1. The Labute approximate surface area is 205 Å². The van der Waals surface area contributed by atoms with Gasteiger partial charge in [-0.3, -0.25) is 10.7 Å². The van der Waals surface area contributed by atoms with Crippen molar-refractivity contribution in [2.24, 2.45) is 0 Å². The number of morpholine rings is 1. The predicted molar refractivity (Wildman–Crippen MR) is 133 cm³/mol. The number of ether oxygens (including phenoxy) is 2. The van der Waals surface area contributed by atoms with E-state index in [0.29, 0.717) is 36.0 Å². The molecular formula is C25H34N6O4. The topological polar surface area (TPSA) is 118 Å². The molecule has 0 radical (unpaired) electrons.